The van der Waals surface area contributed by atoms with E-state index in [9.17, 15) is 4.79 Å². The van der Waals surface area contributed by atoms with Crippen LogP contribution in [0.5, 0.6) is 0 Å². The highest BCUT2D eigenvalue weighted by Crippen LogP contribution is 2.24. The molecule has 0 aromatic heterocycles. The highest BCUT2D eigenvalue weighted by molar-refractivity contribution is 5.75. The van der Waals surface area contributed by atoms with Gasteiger partial charge in [0, 0.05) is 0 Å². The van der Waals surface area contributed by atoms with E-state index in [-0.39, 0.29) is 11.9 Å². The van der Waals surface area contributed by atoms with Crippen LogP contribution in [0.3, 0.4) is 0 Å². The molecule has 0 aliphatic heterocycles. The molecule has 0 bridgehead atoms. The zero-order chi connectivity index (χ0) is 8.97. The first-order chi connectivity index (χ1) is 5.75. The van der Waals surface area contributed by atoms with Crippen molar-refractivity contribution in [3.63, 3.8) is 0 Å². The first-order valence-electron chi connectivity index (χ1n) is 4.52. The van der Waals surface area contributed by atoms with Gasteiger partial charge in [-0.15, -0.1) is 0 Å². The van der Waals surface area contributed by atoms with E-state index in [1.165, 1.54) is 25.5 Å². The number of rotatable bonds is 2. The van der Waals surface area contributed by atoms with E-state index >= 15 is 0 Å². The van der Waals surface area contributed by atoms with Gasteiger partial charge in [-0.25, -0.2) is 0 Å². The van der Waals surface area contributed by atoms with Gasteiger partial charge in [0.2, 0.25) is 0 Å². The van der Waals surface area contributed by atoms with Crippen LogP contribution in [-0.4, -0.2) is 13.1 Å². The van der Waals surface area contributed by atoms with Gasteiger partial charge in [0.15, 0.2) is 0 Å². The molecule has 0 saturated carbocycles. The van der Waals surface area contributed by atoms with Crippen molar-refractivity contribution in [3.8, 4) is 0 Å². The van der Waals surface area contributed by atoms with Crippen molar-refractivity contribution in [2.75, 3.05) is 7.11 Å². The Morgan fingerprint density at radius 3 is 2.83 bits per heavy atom. The molecule has 2 nitrogen and oxygen atoms in total. The van der Waals surface area contributed by atoms with Crippen LogP contribution in [0, 0.1) is 5.92 Å². The molecule has 0 aromatic carbocycles. The summed E-state index contributed by atoms with van der Waals surface area (Å²) in [5.41, 5.74) is 1.26. The Morgan fingerprint density at radius 1 is 1.58 bits per heavy atom. The Balaban J connectivity index is 2.56. The third-order valence-electron chi connectivity index (χ3n) is 2.44. The predicted octanol–water partition coefficient (Wildman–Crippen LogP) is 2.30. The van der Waals surface area contributed by atoms with Crippen molar-refractivity contribution in [1.82, 2.24) is 0 Å². The molecule has 0 N–H and O–H groups in total. The number of carbonyl (C=O) groups excluding carboxylic acids is 1. The smallest absolute Gasteiger partial charge is 0.312 e. The van der Waals surface area contributed by atoms with Crippen LogP contribution < -0.4 is 0 Å². The molecule has 12 heavy (non-hydrogen) atoms. The summed E-state index contributed by atoms with van der Waals surface area (Å²) in [6, 6.07) is 0. The molecule has 1 unspecified atom stereocenters. The lowest BCUT2D eigenvalue weighted by molar-refractivity contribution is -0.143. The Bertz CT molecular complexity index is 194. The molecule has 0 heterocycles. The average molecular weight is 168 g/mol. The molecule has 0 fully saturated rings. The van der Waals surface area contributed by atoms with Crippen LogP contribution in [0.1, 0.15) is 32.6 Å². The van der Waals surface area contributed by atoms with Gasteiger partial charge in [-0.3, -0.25) is 4.79 Å². The molecule has 0 amide bonds. The van der Waals surface area contributed by atoms with Crippen LogP contribution in [-0.2, 0) is 9.53 Å². The normalized spacial score (nSPS) is 19.7. The third-order valence-corrected chi connectivity index (χ3v) is 2.44. The largest absolute Gasteiger partial charge is 0.469 e. The van der Waals surface area contributed by atoms with Crippen molar-refractivity contribution in [3.05, 3.63) is 11.6 Å². The molecule has 0 radical (unpaired) electrons. The molecule has 1 rings (SSSR count). The fourth-order valence-corrected chi connectivity index (χ4v) is 1.58. The fourth-order valence-electron chi connectivity index (χ4n) is 1.58. The fraction of sp³-hybridized carbons (Fsp3) is 0.700. The van der Waals surface area contributed by atoms with Gasteiger partial charge in [0.25, 0.3) is 0 Å². The number of methoxy groups -OCH3 is 1. The van der Waals surface area contributed by atoms with E-state index in [1.54, 1.807) is 0 Å². The summed E-state index contributed by atoms with van der Waals surface area (Å²) in [5, 5.41) is 0. The van der Waals surface area contributed by atoms with Crippen molar-refractivity contribution in [2.24, 2.45) is 5.92 Å². The predicted molar refractivity (Wildman–Crippen MR) is 47.7 cm³/mol. The van der Waals surface area contributed by atoms with E-state index in [2.05, 4.69) is 10.8 Å². The van der Waals surface area contributed by atoms with Gasteiger partial charge in [-0.05, 0) is 32.6 Å². The minimum atomic E-state index is -0.108. The van der Waals surface area contributed by atoms with Crippen molar-refractivity contribution >= 4 is 5.97 Å². The summed E-state index contributed by atoms with van der Waals surface area (Å²) >= 11 is 0. The number of hydrogen-bond acceptors (Lipinski definition) is 2. The maximum Gasteiger partial charge on any atom is 0.312 e. The minimum Gasteiger partial charge on any atom is -0.469 e. The maximum atomic E-state index is 11.1. The van der Waals surface area contributed by atoms with Crippen LogP contribution in [0.2, 0.25) is 0 Å². The van der Waals surface area contributed by atoms with E-state index < -0.39 is 0 Å². The van der Waals surface area contributed by atoms with Gasteiger partial charge in [0.05, 0.1) is 13.0 Å². The monoisotopic (exact) mass is 168 g/mol. The second-order valence-electron chi connectivity index (χ2n) is 3.27. The summed E-state index contributed by atoms with van der Waals surface area (Å²) in [7, 11) is 1.45. The van der Waals surface area contributed by atoms with E-state index in [0.29, 0.717) is 0 Å². The lowest BCUT2D eigenvalue weighted by atomic mass is 9.90. The summed E-state index contributed by atoms with van der Waals surface area (Å²) in [4.78, 5) is 11.1. The molecule has 1 aliphatic carbocycles. The zero-order valence-corrected chi connectivity index (χ0v) is 7.80. The summed E-state index contributed by atoms with van der Waals surface area (Å²) in [6.45, 7) is 1.92. The first kappa shape index (κ1) is 9.30. The average Bonchev–Trinajstić information content (AvgIpc) is 2.17. The lowest BCUT2D eigenvalue weighted by Gasteiger charge is -2.17. The minimum absolute atomic E-state index is 0.0321. The van der Waals surface area contributed by atoms with Crippen LogP contribution in [0.4, 0.5) is 0 Å². The summed E-state index contributed by atoms with van der Waals surface area (Å²) in [6.07, 6.45) is 6.85. The number of esters is 1. The van der Waals surface area contributed by atoms with Crippen LogP contribution in [0.25, 0.3) is 0 Å². The second-order valence-corrected chi connectivity index (χ2v) is 3.27. The van der Waals surface area contributed by atoms with E-state index in [4.69, 9.17) is 0 Å². The van der Waals surface area contributed by atoms with Gasteiger partial charge < -0.3 is 4.74 Å². The molecular formula is C10H16O2. The number of hydrogen-bond donors (Lipinski definition) is 0. The van der Waals surface area contributed by atoms with Crippen LogP contribution in [0.15, 0.2) is 11.6 Å². The molecule has 68 valence electrons. The highest BCUT2D eigenvalue weighted by atomic mass is 16.5. The number of allylic oxidation sites excluding steroid dienone is 1. The van der Waals surface area contributed by atoms with Gasteiger partial charge in [-0.2, -0.15) is 0 Å². The Morgan fingerprint density at radius 2 is 2.33 bits per heavy atom. The topological polar surface area (TPSA) is 26.3 Å². The first-order valence-corrected chi connectivity index (χ1v) is 4.52. The molecule has 2 heteroatoms. The molecule has 0 saturated heterocycles. The van der Waals surface area contributed by atoms with Gasteiger partial charge >= 0.3 is 5.97 Å². The second kappa shape index (κ2) is 4.29. The highest BCUT2D eigenvalue weighted by Gasteiger charge is 2.18. The maximum absolute atomic E-state index is 11.1. The van der Waals surface area contributed by atoms with Crippen molar-refractivity contribution in [2.45, 2.75) is 32.6 Å². The molecule has 1 atom stereocenters. The van der Waals surface area contributed by atoms with Crippen LogP contribution >= 0.6 is 0 Å². The summed E-state index contributed by atoms with van der Waals surface area (Å²) < 4.78 is 4.69. The molecule has 0 spiro atoms. The Hall–Kier alpha value is -0.790. The standard InChI is InChI=1S/C10H16O2/c1-8(10(11)12-2)9-6-4-3-5-7-9/h6,8H,3-5,7H2,1-2H3. The Labute approximate surface area is 73.6 Å². The number of ether oxygens (including phenoxy) is 1. The quantitative estimate of drug-likeness (QED) is 0.467. The van der Waals surface area contributed by atoms with Crippen molar-refractivity contribution in [1.29, 1.82) is 0 Å². The molecular weight excluding hydrogens is 152 g/mol. The number of carbonyl (C=O) groups is 1. The lowest BCUT2D eigenvalue weighted by Crippen LogP contribution is -2.16. The Kier molecular flexibility index (Phi) is 3.32. The van der Waals surface area contributed by atoms with E-state index in [1.807, 2.05) is 6.92 Å². The molecule has 1 aliphatic rings. The van der Waals surface area contributed by atoms with Gasteiger partial charge in [-0.1, -0.05) is 11.6 Å². The summed E-state index contributed by atoms with van der Waals surface area (Å²) in [5.74, 6) is -0.140. The zero-order valence-electron chi connectivity index (χ0n) is 7.80. The molecule has 0 aromatic rings. The van der Waals surface area contributed by atoms with Crippen molar-refractivity contribution < 1.29 is 9.53 Å². The SMILES string of the molecule is COC(=O)C(C)C1=CCCCC1. The third kappa shape index (κ3) is 2.10. The van der Waals surface area contributed by atoms with Gasteiger partial charge in [0.1, 0.15) is 0 Å². The van der Waals surface area contributed by atoms with E-state index in [0.717, 1.165) is 12.8 Å².